The highest BCUT2D eigenvalue weighted by molar-refractivity contribution is 5.90. The van der Waals surface area contributed by atoms with Crippen molar-refractivity contribution in [3.05, 3.63) is 23.8 Å². The van der Waals surface area contributed by atoms with E-state index in [-0.39, 0.29) is 18.3 Å². The number of carbonyl (C=O) groups is 2. The smallest absolute Gasteiger partial charge is 0.338 e. The predicted molar refractivity (Wildman–Crippen MR) is 89.3 cm³/mol. The Balaban J connectivity index is 2.23. The standard InChI is InChI=1S/C18H26O6/c1-3-22-17(20)9-7-5-6-8-12-24-16-11-10-14(13-15(16)19)18(21)23-4-2/h10-11,13,19H,3-9,12H2,1-2H3. The van der Waals surface area contributed by atoms with E-state index in [0.717, 1.165) is 25.7 Å². The quantitative estimate of drug-likeness (QED) is 0.491. The van der Waals surface area contributed by atoms with Gasteiger partial charge in [0.1, 0.15) is 0 Å². The van der Waals surface area contributed by atoms with Gasteiger partial charge in [0.25, 0.3) is 0 Å². The van der Waals surface area contributed by atoms with Gasteiger partial charge in [-0.1, -0.05) is 12.8 Å². The molecule has 1 aromatic rings. The van der Waals surface area contributed by atoms with Gasteiger partial charge in [-0.2, -0.15) is 0 Å². The van der Waals surface area contributed by atoms with Crippen LogP contribution >= 0.6 is 0 Å². The number of phenols is 1. The summed E-state index contributed by atoms with van der Waals surface area (Å²) in [6.45, 7) is 4.69. The summed E-state index contributed by atoms with van der Waals surface area (Å²) < 4.78 is 15.2. The molecule has 0 spiro atoms. The summed E-state index contributed by atoms with van der Waals surface area (Å²) in [5, 5.41) is 9.88. The van der Waals surface area contributed by atoms with Gasteiger partial charge in [-0.05, 0) is 44.9 Å². The highest BCUT2D eigenvalue weighted by Gasteiger charge is 2.10. The fourth-order valence-corrected chi connectivity index (χ4v) is 2.12. The molecule has 0 aliphatic heterocycles. The minimum absolute atomic E-state index is 0.0807. The lowest BCUT2D eigenvalue weighted by atomic mass is 10.1. The number of hydrogen-bond acceptors (Lipinski definition) is 6. The van der Waals surface area contributed by atoms with Gasteiger partial charge in [0.15, 0.2) is 11.5 Å². The molecule has 0 radical (unpaired) electrons. The molecule has 0 saturated carbocycles. The summed E-state index contributed by atoms with van der Waals surface area (Å²) in [5.41, 5.74) is 0.292. The number of hydrogen-bond donors (Lipinski definition) is 1. The van der Waals surface area contributed by atoms with Crippen LogP contribution in [0, 0.1) is 0 Å². The van der Waals surface area contributed by atoms with E-state index in [1.807, 2.05) is 0 Å². The first-order valence-electron chi connectivity index (χ1n) is 8.37. The minimum atomic E-state index is -0.471. The molecule has 1 aromatic carbocycles. The number of aromatic hydroxyl groups is 1. The van der Waals surface area contributed by atoms with Crippen molar-refractivity contribution in [1.82, 2.24) is 0 Å². The number of benzene rings is 1. The molecule has 24 heavy (non-hydrogen) atoms. The molecule has 0 aromatic heterocycles. The maximum Gasteiger partial charge on any atom is 0.338 e. The topological polar surface area (TPSA) is 82.1 Å². The van der Waals surface area contributed by atoms with E-state index in [4.69, 9.17) is 14.2 Å². The third-order valence-corrected chi connectivity index (χ3v) is 3.31. The van der Waals surface area contributed by atoms with Gasteiger partial charge >= 0.3 is 11.9 Å². The Kier molecular flexibility index (Phi) is 9.34. The largest absolute Gasteiger partial charge is 0.504 e. The Bertz CT molecular complexity index is 526. The van der Waals surface area contributed by atoms with Gasteiger partial charge in [-0.25, -0.2) is 4.79 Å². The molecule has 0 aliphatic carbocycles. The molecule has 0 bridgehead atoms. The van der Waals surface area contributed by atoms with Crippen molar-refractivity contribution < 1.29 is 28.9 Å². The fraction of sp³-hybridized carbons (Fsp3) is 0.556. The molecule has 1 rings (SSSR count). The van der Waals surface area contributed by atoms with Crippen molar-refractivity contribution in [3.8, 4) is 11.5 Å². The van der Waals surface area contributed by atoms with E-state index in [0.29, 0.717) is 30.9 Å². The number of phenolic OH excluding ortho intramolecular Hbond substituents is 1. The van der Waals surface area contributed by atoms with Gasteiger partial charge < -0.3 is 19.3 Å². The summed E-state index contributed by atoms with van der Waals surface area (Å²) in [4.78, 5) is 22.7. The van der Waals surface area contributed by atoms with Crippen LogP contribution in [0.15, 0.2) is 18.2 Å². The van der Waals surface area contributed by atoms with Crippen LogP contribution in [0.4, 0.5) is 0 Å². The summed E-state index contributed by atoms with van der Waals surface area (Å²) in [5.74, 6) is -0.362. The molecule has 0 heterocycles. The van der Waals surface area contributed by atoms with E-state index in [2.05, 4.69) is 0 Å². The minimum Gasteiger partial charge on any atom is -0.504 e. The number of esters is 2. The summed E-state index contributed by atoms with van der Waals surface area (Å²) in [6, 6.07) is 4.46. The molecule has 0 amide bonds. The zero-order valence-corrected chi connectivity index (χ0v) is 14.4. The maximum atomic E-state index is 11.6. The van der Waals surface area contributed by atoms with Crippen LogP contribution in [0.3, 0.4) is 0 Å². The maximum absolute atomic E-state index is 11.6. The first kappa shape index (κ1) is 19.8. The second-order valence-electron chi connectivity index (χ2n) is 5.22. The van der Waals surface area contributed by atoms with Crippen LogP contribution in [-0.2, 0) is 14.3 Å². The van der Waals surface area contributed by atoms with Crippen LogP contribution in [-0.4, -0.2) is 36.9 Å². The zero-order chi connectivity index (χ0) is 17.8. The van der Waals surface area contributed by atoms with Crippen LogP contribution < -0.4 is 4.74 Å². The summed E-state index contributed by atoms with van der Waals surface area (Å²) in [7, 11) is 0. The lowest BCUT2D eigenvalue weighted by molar-refractivity contribution is -0.143. The Hall–Kier alpha value is -2.24. The molecule has 0 atom stereocenters. The van der Waals surface area contributed by atoms with Crippen molar-refractivity contribution >= 4 is 11.9 Å². The SMILES string of the molecule is CCOC(=O)CCCCCCOc1ccc(C(=O)OCC)cc1O. The lowest BCUT2D eigenvalue weighted by Gasteiger charge is -2.09. The number of unbranched alkanes of at least 4 members (excludes halogenated alkanes) is 3. The Labute approximate surface area is 142 Å². The van der Waals surface area contributed by atoms with Crippen LogP contribution in [0.1, 0.15) is 56.3 Å². The van der Waals surface area contributed by atoms with Gasteiger partial charge in [0.05, 0.1) is 25.4 Å². The fourth-order valence-electron chi connectivity index (χ4n) is 2.12. The molecule has 6 heteroatoms. The first-order valence-corrected chi connectivity index (χ1v) is 8.37. The van der Waals surface area contributed by atoms with Crippen molar-refractivity contribution in [2.75, 3.05) is 19.8 Å². The van der Waals surface area contributed by atoms with E-state index < -0.39 is 5.97 Å². The molecule has 0 unspecified atom stereocenters. The van der Waals surface area contributed by atoms with E-state index in [1.54, 1.807) is 26.0 Å². The molecule has 0 saturated heterocycles. The van der Waals surface area contributed by atoms with Crippen molar-refractivity contribution in [1.29, 1.82) is 0 Å². The lowest BCUT2D eigenvalue weighted by Crippen LogP contribution is -2.05. The van der Waals surface area contributed by atoms with E-state index in [1.165, 1.54) is 6.07 Å². The number of ether oxygens (including phenoxy) is 3. The van der Waals surface area contributed by atoms with Crippen molar-refractivity contribution in [3.63, 3.8) is 0 Å². The molecular formula is C18H26O6. The van der Waals surface area contributed by atoms with Gasteiger partial charge in [0, 0.05) is 6.42 Å². The third kappa shape index (κ3) is 7.35. The zero-order valence-electron chi connectivity index (χ0n) is 14.4. The number of rotatable bonds is 11. The van der Waals surface area contributed by atoms with Crippen molar-refractivity contribution in [2.24, 2.45) is 0 Å². The summed E-state index contributed by atoms with van der Waals surface area (Å²) >= 11 is 0. The van der Waals surface area contributed by atoms with Gasteiger partial charge in [-0.15, -0.1) is 0 Å². The van der Waals surface area contributed by atoms with Crippen LogP contribution in [0.25, 0.3) is 0 Å². The average Bonchev–Trinajstić information content (AvgIpc) is 2.55. The monoisotopic (exact) mass is 338 g/mol. The van der Waals surface area contributed by atoms with Gasteiger partial charge in [-0.3, -0.25) is 4.79 Å². The Morgan fingerprint density at radius 1 is 1.00 bits per heavy atom. The summed E-state index contributed by atoms with van der Waals surface area (Å²) in [6.07, 6.45) is 3.93. The Morgan fingerprint density at radius 3 is 2.38 bits per heavy atom. The normalized spacial score (nSPS) is 10.2. The predicted octanol–water partition coefficient (Wildman–Crippen LogP) is 3.46. The molecule has 0 aliphatic rings. The van der Waals surface area contributed by atoms with Crippen LogP contribution in [0.2, 0.25) is 0 Å². The molecule has 134 valence electrons. The second kappa shape index (κ2) is 11.3. The molecule has 0 fully saturated rings. The molecule has 6 nitrogen and oxygen atoms in total. The third-order valence-electron chi connectivity index (χ3n) is 3.31. The van der Waals surface area contributed by atoms with E-state index >= 15 is 0 Å². The second-order valence-corrected chi connectivity index (χ2v) is 5.22. The van der Waals surface area contributed by atoms with E-state index in [9.17, 15) is 14.7 Å². The highest BCUT2D eigenvalue weighted by atomic mass is 16.5. The van der Waals surface area contributed by atoms with Crippen molar-refractivity contribution in [2.45, 2.75) is 46.0 Å². The highest BCUT2D eigenvalue weighted by Crippen LogP contribution is 2.27. The number of carbonyl (C=O) groups excluding carboxylic acids is 2. The molecular weight excluding hydrogens is 312 g/mol. The Morgan fingerprint density at radius 2 is 1.71 bits per heavy atom. The van der Waals surface area contributed by atoms with Gasteiger partial charge in [0.2, 0.25) is 0 Å². The average molecular weight is 338 g/mol. The van der Waals surface area contributed by atoms with Crippen LogP contribution in [0.5, 0.6) is 11.5 Å². The first-order chi connectivity index (χ1) is 11.6. The molecule has 1 N–H and O–H groups in total.